The van der Waals surface area contributed by atoms with Crippen molar-refractivity contribution in [2.75, 3.05) is 25.5 Å². The Hall–Kier alpha value is -2.31. The molecule has 1 aromatic heterocycles. The Kier molecular flexibility index (Phi) is 4.97. The smallest absolute Gasteiger partial charge is 0.317 e. The first-order valence-corrected chi connectivity index (χ1v) is 6.95. The number of nitrogens with zero attached hydrogens (tertiary/aromatic N) is 2. The number of pyridine rings is 1. The first kappa shape index (κ1) is 15.1. The van der Waals surface area contributed by atoms with Crippen LogP contribution in [0.2, 0.25) is 0 Å². The number of nitrogens with one attached hydrogen (secondary N) is 2. The van der Waals surface area contributed by atoms with Gasteiger partial charge in [-0.25, -0.2) is 9.78 Å². The molecule has 1 aliphatic heterocycles. The van der Waals surface area contributed by atoms with Crippen molar-refractivity contribution in [1.29, 1.82) is 0 Å². The molecule has 2 rings (SSSR count). The van der Waals surface area contributed by atoms with Crippen molar-refractivity contribution in [1.82, 2.24) is 15.2 Å². The molecule has 21 heavy (non-hydrogen) atoms. The summed E-state index contributed by atoms with van der Waals surface area (Å²) >= 11 is 0. The fourth-order valence-corrected chi connectivity index (χ4v) is 2.23. The van der Waals surface area contributed by atoms with E-state index in [1.165, 1.54) is 6.92 Å². The van der Waals surface area contributed by atoms with E-state index < -0.39 is 0 Å². The molecular weight excluding hydrogens is 272 g/mol. The Labute approximate surface area is 123 Å². The van der Waals surface area contributed by atoms with E-state index in [1.54, 1.807) is 30.3 Å². The molecular formula is C14H20N4O3. The second-order valence-electron chi connectivity index (χ2n) is 4.93. The van der Waals surface area contributed by atoms with Gasteiger partial charge in [0, 0.05) is 46.0 Å². The van der Waals surface area contributed by atoms with Gasteiger partial charge < -0.3 is 20.3 Å². The number of hydrogen-bond donors (Lipinski definition) is 2. The van der Waals surface area contributed by atoms with Gasteiger partial charge in [0.1, 0.15) is 6.10 Å². The van der Waals surface area contributed by atoms with Crippen molar-refractivity contribution in [3.05, 3.63) is 18.3 Å². The Morgan fingerprint density at radius 2 is 2.05 bits per heavy atom. The van der Waals surface area contributed by atoms with Gasteiger partial charge in [0.15, 0.2) is 0 Å². The summed E-state index contributed by atoms with van der Waals surface area (Å²) in [7, 11) is 1.63. The number of ether oxygens (including phenoxy) is 1. The van der Waals surface area contributed by atoms with E-state index in [2.05, 4.69) is 15.6 Å². The highest BCUT2D eigenvalue weighted by Crippen LogP contribution is 2.18. The van der Waals surface area contributed by atoms with E-state index in [-0.39, 0.29) is 18.0 Å². The van der Waals surface area contributed by atoms with Crippen molar-refractivity contribution in [2.24, 2.45) is 0 Å². The van der Waals surface area contributed by atoms with Gasteiger partial charge in [-0.15, -0.1) is 0 Å². The predicted molar refractivity (Wildman–Crippen MR) is 78.2 cm³/mol. The minimum Gasteiger partial charge on any atom is -0.474 e. The number of anilines is 1. The third-order valence-electron chi connectivity index (χ3n) is 3.29. The van der Waals surface area contributed by atoms with Gasteiger partial charge in [-0.3, -0.25) is 4.79 Å². The molecule has 0 spiro atoms. The maximum absolute atomic E-state index is 11.5. The number of hydrogen-bond acceptors (Lipinski definition) is 4. The summed E-state index contributed by atoms with van der Waals surface area (Å²) in [6.45, 7) is 2.80. The van der Waals surface area contributed by atoms with Gasteiger partial charge >= 0.3 is 6.03 Å². The molecule has 2 heterocycles. The fraction of sp³-hybridized carbons (Fsp3) is 0.500. The number of piperidine rings is 1. The van der Waals surface area contributed by atoms with Gasteiger partial charge in [0.2, 0.25) is 11.8 Å². The molecule has 7 heteroatoms. The molecule has 7 nitrogen and oxygen atoms in total. The highest BCUT2D eigenvalue weighted by Gasteiger charge is 2.23. The van der Waals surface area contributed by atoms with Gasteiger partial charge in [-0.05, 0) is 6.07 Å². The Balaban J connectivity index is 1.83. The summed E-state index contributed by atoms with van der Waals surface area (Å²) in [5, 5.41) is 5.27. The van der Waals surface area contributed by atoms with Crippen LogP contribution in [-0.4, -0.2) is 48.1 Å². The Morgan fingerprint density at radius 3 is 2.57 bits per heavy atom. The topological polar surface area (TPSA) is 83.6 Å². The lowest BCUT2D eigenvalue weighted by Gasteiger charge is -2.31. The molecule has 0 radical (unpaired) electrons. The van der Waals surface area contributed by atoms with Crippen LogP contribution in [0, 0.1) is 0 Å². The van der Waals surface area contributed by atoms with E-state index >= 15 is 0 Å². The highest BCUT2D eigenvalue weighted by molar-refractivity contribution is 5.88. The van der Waals surface area contributed by atoms with Crippen molar-refractivity contribution in [2.45, 2.75) is 25.9 Å². The quantitative estimate of drug-likeness (QED) is 0.877. The van der Waals surface area contributed by atoms with Crippen molar-refractivity contribution in [3.8, 4) is 5.88 Å². The molecule has 0 bridgehead atoms. The first-order chi connectivity index (χ1) is 10.1. The second-order valence-corrected chi connectivity index (χ2v) is 4.93. The molecule has 0 aliphatic carbocycles. The lowest BCUT2D eigenvalue weighted by Crippen LogP contribution is -2.45. The number of amides is 3. The van der Waals surface area contributed by atoms with Crippen molar-refractivity contribution < 1.29 is 14.3 Å². The highest BCUT2D eigenvalue weighted by atomic mass is 16.5. The van der Waals surface area contributed by atoms with E-state index in [1.807, 2.05) is 0 Å². The Bertz CT molecular complexity index is 495. The summed E-state index contributed by atoms with van der Waals surface area (Å²) in [5.41, 5.74) is 0.643. The van der Waals surface area contributed by atoms with Crippen LogP contribution < -0.4 is 15.4 Å². The van der Waals surface area contributed by atoms with Gasteiger partial charge in [-0.1, -0.05) is 0 Å². The van der Waals surface area contributed by atoms with Crippen LogP contribution in [-0.2, 0) is 4.79 Å². The molecule has 1 fully saturated rings. The number of aromatic nitrogens is 1. The molecule has 2 N–H and O–H groups in total. The number of urea groups is 1. The average Bonchev–Trinajstić information content (AvgIpc) is 2.49. The predicted octanol–water partition coefficient (Wildman–Crippen LogP) is 1.22. The van der Waals surface area contributed by atoms with E-state index in [0.717, 1.165) is 12.8 Å². The number of carbonyl (C=O) groups is 2. The van der Waals surface area contributed by atoms with Crippen molar-refractivity contribution in [3.63, 3.8) is 0 Å². The number of rotatable bonds is 3. The van der Waals surface area contributed by atoms with E-state index in [9.17, 15) is 9.59 Å². The van der Waals surface area contributed by atoms with Gasteiger partial charge in [-0.2, -0.15) is 0 Å². The molecule has 3 amide bonds. The summed E-state index contributed by atoms with van der Waals surface area (Å²) in [4.78, 5) is 28.3. The van der Waals surface area contributed by atoms with Gasteiger partial charge in [0.05, 0.1) is 11.9 Å². The van der Waals surface area contributed by atoms with Crippen molar-refractivity contribution >= 4 is 17.6 Å². The van der Waals surface area contributed by atoms with Crippen LogP contribution >= 0.6 is 0 Å². The maximum Gasteiger partial charge on any atom is 0.317 e. The lowest BCUT2D eigenvalue weighted by atomic mass is 10.1. The van der Waals surface area contributed by atoms with Crippen LogP contribution in [0.25, 0.3) is 0 Å². The monoisotopic (exact) mass is 292 g/mol. The third kappa shape index (κ3) is 4.34. The van der Waals surface area contributed by atoms with Crippen LogP contribution in [0.3, 0.4) is 0 Å². The van der Waals surface area contributed by atoms with E-state index in [4.69, 9.17) is 4.74 Å². The summed E-state index contributed by atoms with van der Waals surface area (Å²) in [6, 6.07) is 3.44. The standard InChI is InChI=1S/C14H20N4O3/c1-10(19)17-11-3-4-13(16-9-11)21-12-5-7-18(8-6-12)14(20)15-2/h3-4,9,12H,5-8H2,1-2H3,(H,15,20)(H,17,19). The second kappa shape index (κ2) is 6.92. The van der Waals surface area contributed by atoms with Crippen LogP contribution in [0.5, 0.6) is 5.88 Å². The van der Waals surface area contributed by atoms with E-state index in [0.29, 0.717) is 24.7 Å². The SMILES string of the molecule is CNC(=O)N1CCC(Oc2ccc(NC(C)=O)cn2)CC1. The fourth-order valence-electron chi connectivity index (χ4n) is 2.23. The molecule has 114 valence electrons. The minimum absolute atomic E-state index is 0.0498. The summed E-state index contributed by atoms with van der Waals surface area (Å²) in [6.07, 6.45) is 3.19. The lowest BCUT2D eigenvalue weighted by molar-refractivity contribution is -0.114. The molecule has 1 aliphatic rings. The average molecular weight is 292 g/mol. The molecule has 1 aromatic rings. The molecule has 0 aromatic carbocycles. The zero-order valence-corrected chi connectivity index (χ0v) is 12.3. The largest absolute Gasteiger partial charge is 0.474 e. The molecule has 0 saturated carbocycles. The van der Waals surface area contributed by atoms with Crippen LogP contribution in [0.4, 0.5) is 10.5 Å². The minimum atomic E-state index is -0.132. The molecule has 0 atom stereocenters. The summed E-state index contributed by atoms with van der Waals surface area (Å²) in [5.74, 6) is 0.398. The molecule has 1 saturated heterocycles. The normalized spacial score (nSPS) is 15.4. The van der Waals surface area contributed by atoms with Crippen LogP contribution in [0.1, 0.15) is 19.8 Å². The third-order valence-corrected chi connectivity index (χ3v) is 3.29. The zero-order chi connectivity index (χ0) is 15.2. The van der Waals surface area contributed by atoms with Crippen LogP contribution in [0.15, 0.2) is 18.3 Å². The number of likely N-dealkylation sites (tertiary alicyclic amines) is 1. The summed E-state index contributed by atoms with van der Waals surface area (Å²) < 4.78 is 5.79. The zero-order valence-electron chi connectivity index (χ0n) is 12.3. The first-order valence-electron chi connectivity index (χ1n) is 6.95. The maximum atomic E-state index is 11.5. The Morgan fingerprint density at radius 1 is 1.33 bits per heavy atom. The van der Waals surface area contributed by atoms with Gasteiger partial charge in [0.25, 0.3) is 0 Å². The molecule has 0 unspecified atom stereocenters. The number of carbonyl (C=O) groups excluding carboxylic acids is 2.